The summed E-state index contributed by atoms with van der Waals surface area (Å²) < 4.78 is 30.1. The number of rotatable bonds is 4. The van der Waals surface area contributed by atoms with E-state index in [-0.39, 0.29) is 16.3 Å². The predicted octanol–water partition coefficient (Wildman–Crippen LogP) is 3.91. The van der Waals surface area contributed by atoms with E-state index in [1.807, 2.05) is 12.1 Å². The first-order valence-corrected chi connectivity index (χ1v) is 12.3. The Bertz CT molecular complexity index is 1530. The summed E-state index contributed by atoms with van der Waals surface area (Å²) in [5.74, 6) is -0.410. The average molecular weight is 486 g/mol. The SMILES string of the molecule is O=C1CN(S(=O)(=O)c2ccc3c(c2)sc(=O)n3Cc2ccc(Cl)cc2)c2ccccc2N1. The molecule has 0 radical (unpaired) electrons. The summed E-state index contributed by atoms with van der Waals surface area (Å²) >= 11 is 6.92. The zero-order chi connectivity index (χ0) is 22.5. The average Bonchev–Trinajstić information content (AvgIpc) is 3.09. The Hall–Kier alpha value is -3.14. The Morgan fingerprint density at radius 3 is 2.53 bits per heavy atom. The third-order valence-electron chi connectivity index (χ3n) is 5.22. The number of para-hydroxylation sites is 2. The molecule has 0 unspecified atom stereocenters. The summed E-state index contributed by atoms with van der Waals surface area (Å²) in [6.07, 6.45) is 0. The van der Waals surface area contributed by atoms with Crippen LogP contribution in [-0.4, -0.2) is 25.4 Å². The maximum Gasteiger partial charge on any atom is 0.308 e. The lowest BCUT2D eigenvalue weighted by molar-refractivity contribution is -0.115. The first-order chi connectivity index (χ1) is 15.3. The number of nitrogens with one attached hydrogen (secondary N) is 1. The van der Waals surface area contributed by atoms with Crippen LogP contribution in [-0.2, 0) is 21.4 Å². The van der Waals surface area contributed by atoms with Crippen molar-refractivity contribution in [3.05, 3.63) is 87.0 Å². The topological polar surface area (TPSA) is 88.5 Å². The van der Waals surface area contributed by atoms with Crippen molar-refractivity contribution in [3.8, 4) is 0 Å². The van der Waals surface area contributed by atoms with E-state index in [0.29, 0.717) is 33.2 Å². The van der Waals surface area contributed by atoms with Crippen LogP contribution in [0, 0.1) is 0 Å². The quantitative estimate of drug-likeness (QED) is 0.474. The summed E-state index contributed by atoms with van der Waals surface area (Å²) in [7, 11) is -4.01. The van der Waals surface area contributed by atoms with E-state index in [9.17, 15) is 18.0 Å². The number of benzene rings is 3. The number of sulfonamides is 1. The minimum Gasteiger partial charge on any atom is -0.323 e. The Morgan fingerprint density at radius 2 is 1.75 bits per heavy atom. The van der Waals surface area contributed by atoms with Gasteiger partial charge in [0.15, 0.2) is 0 Å². The second kappa shape index (κ2) is 7.77. The molecule has 0 atom stereocenters. The summed E-state index contributed by atoms with van der Waals surface area (Å²) in [5, 5.41) is 3.29. The number of thiazole rings is 1. The number of aromatic nitrogens is 1. The van der Waals surface area contributed by atoms with Gasteiger partial charge in [-0.05, 0) is 48.0 Å². The molecule has 5 rings (SSSR count). The molecule has 162 valence electrons. The van der Waals surface area contributed by atoms with Crippen LogP contribution in [0.2, 0.25) is 5.02 Å². The molecule has 0 fully saturated rings. The van der Waals surface area contributed by atoms with Gasteiger partial charge in [-0.15, -0.1) is 0 Å². The largest absolute Gasteiger partial charge is 0.323 e. The third-order valence-corrected chi connectivity index (χ3v) is 8.17. The molecular formula is C22H16ClN3O4S2. The molecule has 1 N–H and O–H groups in total. The minimum atomic E-state index is -4.01. The monoisotopic (exact) mass is 485 g/mol. The van der Waals surface area contributed by atoms with Crippen molar-refractivity contribution in [2.45, 2.75) is 11.4 Å². The summed E-state index contributed by atoms with van der Waals surface area (Å²) in [4.78, 5) is 24.6. The van der Waals surface area contributed by atoms with E-state index in [4.69, 9.17) is 11.6 Å². The molecule has 4 aromatic rings. The maximum absolute atomic E-state index is 13.4. The Labute approximate surface area is 192 Å². The highest BCUT2D eigenvalue weighted by Crippen LogP contribution is 2.34. The zero-order valence-corrected chi connectivity index (χ0v) is 18.9. The van der Waals surface area contributed by atoms with E-state index in [2.05, 4.69) is 5.32 Å². The van der Waals surface area contributed by atoms with Crippen molar-refractivity contribution >= 4 is 60.5 Å². The van der Waals surface area contributed by atoms with Gasteiger partial charge in [0.05, 0.1) is 33.0 Å². The van der Waals surface area contributed by atoms with Crippen molar-refractivity contribution in [2.75, 3.05) is 16.2 Å². The van der Waals surface area contributed by atoms with Crippen LogP contribution in [0.4, 0.5) is 11.4 Å². The van der Waals surface area contributed by atoms with Crippen molar-refractivity contribution in [2.24, 2.45) is 0 Å². The maximum atomic E-state index is 13.4. The molecule has 2 heterocycles. The fourth-order valence-electron chi connectivity index (χ4n) is 3.67. The second-order valence-electron chi connectivity index (χ2n) is 7.29. The van der Waals surface area contributed by atoms with Gasteiger partial charge in [-0.25, -0.2) is 8.42 Å². The minimum absolute atomic E-state index is 0.0226. The predicted molar refractivity (Wildman–Crippen MR) is 126 cm³/mol. The van der Waals surface area contributed by atoms with Crippen LogP contribution in [0.25, 0.3) is 10.2 Å². The third kappa shape index (κ3) is 3.58. The van der Waals surface area contributed by atoms with Crippen molar-refractivity contribution in [3.63, 3.8) is 0 Å². The van der Waals surface area contributed by atoms with E-state index in [0.717, 1.165) is 21.2 Å². The van der Waals surface area contributed by atoms with Gasteiger partial charge in [-0.2, -0.15) is 0 Å². The van der Waals surface area contributed by atoms with Crippen molar-refractivity contribution < 1.29 is 13.2 Å². The lowest BCUT2D eigenvalue weighted by Crippen LogP contribution is -2.42. The molecule has 1 aromatic heterocycles. The fraction of sp³-hybridized carbons (Fsp3) is 0.0909. The van der Waals surface area contributed by atoms with Gasteiger partial charge in [0, 0.05) is 5.02 Å². The van der Waals surface area contributed by atoms with Gasteiger partial charge in [0.2, 0.25) is 5.91 Å². The van der Waals surface area contributed by atoms with Gasteiger partial charge in [0.25, 0.3) is 10.0 Å². The Balaban J connectivity index is 1.55. The number of nitrogens with zero attached hydrogens (tertiary/aromatic N) is 2. The zero-order valence-electron chi connectivity index (χ0n) is 16.5. The number of carbonyl (C=O) groups is 1. The molecule has 7 nitrogen and oxygen atoms in total. The highest BCUT2D eigenvalue weighted by molar-refractivity contribution is 7.93. The molecule has 0 aliphatic carbocycles. The van der Waals surface area contributed by atoms with Crippen LogP contribution in [0.3, 0.4) is 0 Å². The number of amides is 1. The standard InChI is InChI=1S/C22H16ClN3O4S2/c23-15-7-5-14(6-8-15)12-25-19-10-9-16(11-20(19)31-22(25)28)32(29,30)26-13-21(27)24-17-3-1-2-4-18(17)26/h1-11H,12-13H2,(H,24,27). The van der Waals surface area contributed by atoms with Gasteiger partial charge >= 0.3 is 4.87 Å². The lowest BCUT2D eigenvalue weighted by Gasteiger charge is -2.30. The first-order valence-electron chi connectivity index (χ1n) is 9.62. The number of carbonyl (C=O) groups excluding carboxylic acids is 1. The second-order valence-corrected chi connectivity index (χ2v) is 10.6. The molecular weight excluding hydrogens is 470 g/mol. The molecule has 10 heteroatoms. The number of halogens is 1. The Kier molecular flexibility index (Phi) is 5.04. The Morgan fingerprint density at radius 1 is 1.00 bits per heavy atom. The highest BCUT2D eigenvalue weighted by atomic mass is 35.5. The number of hydrogen-bond acceptors (Lipinski definition) is 5. The molecule has 32 heavy (non-hydrogen) atoms. The number of anilines is 2. The first kappa shape index (κ1) is 20.7. The summed E-state index contributed by atoms with van der Waals surface area (Å²) in [5.41, 5.74) is 2.39. The lowest BCUT2D eigenvalue weighted by atomic mass is 10.2. The van der Waals surface area contributed by atoms with Gasteiger partial charge < -0.3 is 5.32 Å². The molecule has 0 saturated heterocycles. The van der Waals surface area contributed by atoms with Crippen LogP contribution in [0.5, 0.6) is 0 Å². The molecule has 1 aliphatic rings. The number of hydrogen-bond donors (Lipinski definition) is 1. The highest BCUT2D eigenvalue weighted by Gasteiger charge is 2.32. The van der Waals surface area contributed by atoms with Crippen molar-refractivity contribution in [1.29, 1.82) is 0 Å². The smallest absolute Gasteiger partial charge is 0.308 e. The fourth-order valence-corrected chi connectivity index (χ4v) is 6.27. The van der Waals surface area contributed by atoms with Gasteiger partial charge in [-0.3, -0.25) is 18.5 Å². The van der Waals surface area contributed by atoms with Crippen LogP contribution in [0.15, 0.2) is 76.4 Å². The van der Waals surface area contributed by atoms with E-state index >= 15 is 0 Å². The molecule has 0 spiro atoms. The normalized spacial score (nSPS) is 13.8. The van der Waals surface area contributed by atoms with Crippen LogP contribution < -0.4 is 14.5 Å². The molecule has 1 amide bonds. The van der Waals surface area contributed by atoms with Gasteiger partial charge in [0.1, 0.15) is 6.54 Å². The van der Waals surface area contributed by atoms with E-state index in [1.165, 1.54) is 12.1 Å². The summed E-state index contributed by atoms with van der Waals surface area (Å²) in [6.45, 7) is 0.0347. The van der Waals surface area contributed by atoms with Crippen LogP contribution in [0.1, 0.15) is 5.56 Å². The molecule has 0 saturated carbocycles. The summed E-state index contributed by atoms with van der Waals surface area (Å²) in [6, 6.07) is 18.5. The van der Waals surface area contributed by atoms with E-state index in [1.54, 1.807) is 47.0 Å². The number of fused-ring (bicyclic) bond motifs is 2. The van der Waals surface area contributed by atoms with Crippen molar-refractivity contribution in [1.82, 2.24) is 4.57 Å². The van der Waals surface area contributed by atoms with Crippen LogP contribution >= 0.6 is 22.9 Å². The van der Waals surface area contributed by atoms with Gasteiger partial charge in [-0.1, -0.05) is 47.2 Å². The van der Waals surface area contributed by atoms with E-state index < -0.39 is 15.9 Å². The molecule has 1 aliphatic heterocycles. The molecule has 0 bridgehead atoms. The molecule has 3 aromatic carbocycles.